The average molecular weight is 341 g/mol. The Kier molecular flexibility index (Phi) is 3.69. The van der Waals surface area contributed by atoms with Crippen LogP contribution in [0.25, 0.3) is 0 Å². The predicted octanol–water partition coefficient (Wildman–Crippen LogP) is 2.24. The summed E-state index contributed by atoms with van der Waals surface area (Å²) in [4.78, 5) is 15.8. The van der Waals surface area contributed by atoms with Crippen LogP contribution in [0.2, 0.25) is 5.02 Å². The Bertz CT molecular complexity index is 747. The molecule has 0 N–H and O–H groups in total. The van der Waals surface area contributed by atoms with Gasteiger partial charge in [-0.05, 0) is 24.6 Å². The first-order chi connectivity index (χ1) is 10.3. The van der Waals surface area contributed by atoms with Crippen molar-refractivity contribution >= 4 is 33.2 Å². The van der Waals surface area contributed by atoms with Crippen LogP contribution in [0.5, 0.6) is 0 Å². The largest absolute Gasteiger partial charge is 0.325 e. The molecule has 2 unspecified atom stereocenters. The second-order valence-corrected chi connectivity index (χ2v) is 8.30. The first-order valence-corrected chi connectivity index (χ1v) is 9.21. The number of halogens is 1. The van der Waals surface area contributed by atoms with Crippen molar-refractivity contribution in [2.75, 3.05) is 23.0 Å². The minimum absolute atomic E-state index is 0.00728. The van der Waals surface area contributed by atoms with Crippen LogP contribution in [0.1, 0.15) is 5.56 Å². The van der Waals surface area contributed by atoms with Crippen molar-refractivity contribution in [1.82, 2.24) is 4.90 Å². The standard InChI is InChI=1S/C15H17ClN2O3S/c1-3-6-17-13-8-22(20,21)9-14(13)18(15(17)19)11-5-4-10(2)12(16)7-11/h3-5,7,13-14H,1,6,8-9H2,2H3. The number of sulfone groups is 1. The molecular weight excluding hydrogens is 324 g/mol. The van der Waals surface area contributed by atoms with Gasteiger partial charge in [0.25, 0.3) is 0 Å². The van der Waals surface area contributed by atoms with Crippen LogP contribution in [-0.2, 0) is 9.84 Å². The van der Waals surface area contributed by atoms with Crippen molar-refractivity contribution in [3.63, 3.8) is 0 Å². The molecular formula is C15H17ClN2O3S. The Hall–Kier alpha value is -1.53. The zero-order valence-corrected chi connectivity index (χ0v) is 13.8. The Morgan fingerprint density at radius 2 is 2.05 bits per heavy atom. The quantitative estimate of drug-likeness (QED) is 0.626. The van der Waals surface area contributed by atoms with Crippen LogP contribution < -0.4 is 4.90 Å². The van der Waals surface area contributed by atoms with E-state index in [2.05, 4.69) is 6.58 Å². The van der Waals surface area contributed by atoms with E-state index in [4.69, 9.17) is 11.6 Å². The molecule has 0 saturated carbocycles. The minimum atomic E-state index is -3.14. The Morgan fingerprint density at radius 3 is 2.68 bits per heavy atom. The van der Waals surface area contributed by atoms with Crippen molar-refractivity contribution in [3.05, 3.63) is 41.4 Å². The van der Waals surface area contributed by atoms with E-state index < -0.39 is 9.84 Å². The SMILES string of the molecule is C=CCN1C(=O)N(c2ccc(C)c(Cl)c2)C2CS(=O)(=O)CC21. The molecule has 2 saturated heterocycles. The summed E-state index contributed by atoms with van der Waals surface area (Å²) < 4.78 is 24.0. The summed E-state index contributed by atoms with van der Waals surface area (Å²) in [6.45, 7) is 5.87. The summed E-state index contributed by atoms with van der Waals surface area (Å²) in [7, 11) is -3.14. The molecule has 5 nitrogen and oxygen atoms in total. The van der Waals surface area contributed by atoms with Crippen LogP contribution in [0.15, 0.2) is 30.9 Å². The highest BCUT2D eigenvalue weighted by atomic mass is 35.5. The second kappa shape index (κ2) is 5.28. The lowest BCUT2D eigenvalue weighted by molar-refractivity contribution is 0.215. The zero-order chi connectivity index (χ0) is 16.1. The van der Waals surface area contributed by atoms with Gasteiger partial charge in [-0.2, -0.15) is 0 Å². The molecule has 1 aromatic rings. The highest BCUT2D eigenvalue weighted by Gasteiger charge is 2.53. The van der Waals surface area contributed by atoms with Crippen molar-refractivity contribution in [2.24, 2.45) is 0 Å². The maximum Gasteiger partial charge on any atom is 0.325 e. The highest BCUT2D eigenvalue weighted by Crippen LogP contribution is 2.36. The molecule has 7 heteroatoms. The van der Waals surface area contributed by atoms with Crippen molar-refractivity contribution in [3.8, 4) is 0 Å². The zero-order valence-electron chi connectivity index (χ0n) is 12.2. The van der Waals surface area contributed by atoms with Gasteiger partial charge in [0.1, 0.15) is 0 Å². The van der Waals surface area contributed by atoms with E-state index >= 15 is 0 Å². The molecule has 2 aliphatic heterocycles. The molecule has 0 aliphatic carbocycles. The summed E-state index contributed by atoms with van der Waals surface area (Å²) in [5.41, 5.74) is 1.55. The number of hydrogen-bond donors (Lipinski definition) is 0. The second-order valence-electron chi connectivity index (χ2n) is 5.74. The van der Waals surface area contributed by atoms with E-state index in [1.54, 1.807) is 28.0 Å². The van der Waals surface area contributed by atoms with Crippen LogP contribution in [-0.4, -0.2) is 49.5 Å². The lowest BCUT2D eigenvalue weighted by Crippen LogP contribution is -2.37. The molecule has 22 heavy (non-hydrogen) atoms. The lowest BCUT2D eigenvalue weighted by Gasteiger charge is -2.22. The average Bonchev–Trinajstić information content (AvgIpc) is 2.86. The van der Waals surface area contributed by atoms with E-state index in [1.165, 1.54) is 0 Å². The lowest BCUT2D eigenvalue weighted by atomic mass is 10.1. The molecule has 0 aromatic heterocycles. The molecule has 118 valence electrons. The van der Waals surface area contributed by atoms with E-state index in [1.807, 2.05) is 13.0 Å². The normalized spacial score (nSPS) is 26.4. The summed E-state index contributed by atoms with van der Waals surface area (Å²) in [5.74, 6) is -0.00408. The number of urea groups is 1. The first-order valence-electron chi connectivity index (χ1n) is 7.01. The third-order valence-corrected chi connectivity index (χ3v) is 6.34. The molecule has 2 heterocycles. The van der Waals surface area contributed by atoms with Gasteiger partial charge in [-0.25, -0.2) is 13.2 Å². The third kappa shape index (κ3) is 2.40. The number of rotatable bonds is 3. The van der Waals surface area contributed by atoms with Gasteiger partial charge in [0, 0.05) is 17.3 Å². The smallest absolute Gasteiger partial charge is 0.314 e. The topological polar surface area (TPSA) is 57.7 Å². The van der Waals surface area contributed by atoms with E-state index in [9.17, 15) is 13.2 Å². The highest BCUT2D eigenvalue weighted by molar-refractivity contribution is 7.91. The van der Waals surface area contributed by atoms with E-state index in [-0.39, 0.29) is 29.6 Å². The van der Waals surface area contributed by atoms with Gasteiger partial charge in [-0.15, -0.1) is 6.58 Å². The Balaban J connectivity index is 2.04. The molecule has 2 fully saturated rings. The van der Waals surface area contributed by atoms with Crippen molar-refractivity contribution in [1.29, 1.82) is 0 Å². The van der Waals surface area contributed by atoms with Crippen LogP contribution >= 0.6 is 11.6 Å². The summed E-state index contributed by atoms with van der Waals surface area (Å²) in [5, 5.41) is 0.560. The predicted molar refractivity (Wildman–Crippen MR) is 87.2 cm³/mol. The summed E-state index contributed by atoms with van der Waals surface area (Å²) in [6, 6.07) is 4.48. The molecule has 2 amide bonds. The number of fused-ring (bicyclic) bond motifs is 1. The monoisotopic (exact) mass is 340 g/mol. The van der Waals surface area contributed by atoms with E-state index in [0.717, 1.165) is 5.56 Å². The third-order valence-electron chi connectivity index (χ3n) is 4.24. The van der Waals surface area contributed by atoms with Gasteiger partial charge in [0.2, 0.25) is 0 Å². The van der Waals surface area contributed by atoms with Crippen LogP contribution in [0, 0.1) is 6.92 Å². The van der Waals surface area contributed by atoms with Gasteiger partial charge in [0.05, 0.1) is 23.6 Å². The maximum atomic E-state index is 12.7. The fourth-order valence-corrected chi connectivity index (χ4v) is 5.29. The minimum Gasteiger partial charge on any atom is -0.314 e. The number of aryl methyl sites for hydroxylation is 1. The molecule has 3 rings (SSSR count). The van der Waals surface area contributed by atoms with E-state index in [0.29, 0.717) is 17.3 Å². The Morgan fingerprint density at radius 1 is 1.36 bits per heavy atom. The molecule has 0 radical (unpaired) electrons. The summed E-state index contributed by atoms with van der Waals surface area (Å²) >= 11 is 6.15. The number of nitrogens with zero attached hydrogens (tertiary/aromatic N) is 2. The fraction of sp³-hybridized carbons (Fsp3) is 0.400. The maximum absolute atomic E-state index is 12.7. The number of anilines is 1. The molecule has 2 aliphatic rings. The van der Waals surface area contributed by atoms with Gasteiger partial charge in [-0.1, -0.05) is 23.7 Å². The van der Waals surface area contributed by atoms with Crippen LogP contribution in [0.4, 0.5) is 10.5 Å². The number of amides is 2. The van der Waals surface area contributed by atoms with Crippen molar-refractivity contribution in [2.45, 2.75) is 19.0 Å². The number of carbonyl (C=O) groups excluding carboxylic acids is 1. The first kappa shape index (κ1) is 15.4. The molecule has 2 atom stereocenters. The Labute approximate surface area is 135 Å². The molecule has 0 bridgehead atoms. The van der Waals surface area contributed by atoms with Gasteiger partial charge >= 0.3 is 6.03 Å². The van der Waals surface area contributed by atoms with Crippen LogP contribution in [0.3, 0.4) is 0 Å². The number of hydrogen-bond acceptors (Lipinski definition) is 3. The number of carbonyl (C=O) groups is 1. The van der Waals surface area contributed by atoms with Gasteiger partial charge < -0.3 is 4.90 Å². The number of benzene rings is 1. The summed E-state index contributed by atoms with van der Waals surface area (Å²) in [6.07, 6.45) is 1.62. The molecule has 1 aromatic carbocycles. The molecule has 0 spiro atoms. The van der Waals surface area contributed by atoms with Crippen molar-refractivity contribution < 1.29 is 13.2 Å². The van der Waals surface area contributed by atoms with Gasteiger partial charge in [-0.3, -0.25) is 4.90 Å². The fourth-order valence-electron chi connectivity index (χ4n) is 3.16. The van der Waals surface area contributed by atoms with Gasteiger partial charge in [0.15, 0.2) is 9.84 Å².